The zero-order valence-corrected chi connectivity index (χ0v) is 20.7. The molecule has 0 atom stereocenters. The molecule has 0 amide bonds. The standard InChI is InChI=1S/C27H36N2O2S/c1-18-8-10-19(11-9-18)23-17-29(16-20-7-5-6-13-28-20)14-12-21(23)22-15-24(27(2,3)4)32-25(22)26(30)31/h5-7,13,15,18-19H,8-12,14,16-17H2,1-4H3,(H,30,31). The summed E-state index contributed by atoms with van der Waals surface area (Å²) in [6.45, 7) is 11.6. The summed E-state index contributed by atoms with van der Waals surface area (Å²) < 4.78 is 0. The van der Waals surface area contributed by atoms with Crippen molar-refractivity contribution in [3.63, 3.8) is 0 Å². The number of hydrogen-bond acceptors (Lipinski definition) is 4. The summed E-state index contributed by atoms with van der Waals surface area (Å²) in [6, 6.07) is 8.29. The van der Waals surface area contributed by atoms with Crippen molar-refractivity contribution in [3.8, 4) is 0 Å². The minimum atomic E-state index is -0.791. The van der Waals surface area contributed by atoms with Crippen LogP contribution in [-0.2, 0) is 12.0 Å². The number of nitrogens with zero attached hydrogens (tertiary/aromatic N) is 2. The molecule has 3 heterocycles. The maximum Gasteiger partial charge on any atom is 0.346 e. The molecule has 32 heavy (non-hydrogen) atoms. The van der Waals surface area contributed by atoms with Crippen LogP contribution in [0.1, 0.15) is 85.6 Å². The molecule has 1 aliphatic carbocycles. The maximum atomic E-state index is 12.2. The van der Waals surface area contributed by atoms with Crippen molar-refractivity contribution < 1.29 is 9.90 Å². The molecular formula is C27H36N2O2S. The van der Waals surface area contributed by atoms with E-state index >= 15 is 0 Å². The van der Waals surface area contributed by atoms with Crippen molar-refractivity contribution in [1.82, 2.24) is 9.88 Å². The predicted molar refractivity (Wildman–Crippen MR) is 132 cm³/mol. The third-order valence-corrected chi connectivity index (χ3v) is 8.62. The molecule has 0 saturated heterocycles. The van der Waals surface area contributed by atoms with Gasteiger partial charge in [-0.25, -0.2) is 4.79 Å². The van der Waals surface area contributed by atoms with E-state index in [2.05, 4.69) is 55.8 Å². The number of thiophene rings is 1. The van der Waals surface area contributed by atoms with Gasteiger partial charge in [0.1, 0.15) is 4.88 Å². The Morgan fingerprint density at radius 3 is 2.59 bits per heavy atom. The van der Waals surface area contributed by atoms with Crippen molar-refractivity contribution in [2.24, 2.45) is 11.8 Å². The van der Waals surface area contributed by atoms with E-state index in [9.17, 15) is 9.90 Å². The van der Waals surface area contributed by atoms with E-state index in [1.54, 1.807) is 0 Å². The van der Waals surface area contributed by atoms with E-state index in [4.69, 9.17) is 0 Å². The largest absolute Gasteiger partial charge is 0.477 e. The number of rotatable bonds is 5. The van der Waals surface area contributed by atoms with Gasteiger partial charge in [0, 0.05) is 36.3 Å². The van der Waals surface area contributed by atoms with E-state index < -0.39 is 5.97 Å². The fraction of sp³-hybridized carbons (Fsp3) is 0.556. The molecule has 172 valence electrons. The van der Waals surface area contributed by atoms with Gasteiger partial charge in [0.05, 0.1) is 5.69 Å². The van der Waals surface area contributed by atoms with Crippen molar-refractivity contribution in [3.05, 3.63) is 57.0 Å². The molecule has 4 rings (SSSR count). The molecule has 2 aromatic heterocycles. The van der Waals surface area contributed by atoms with E-state index in [0.29, 0.717) is 10.8 Å². The minimum Gasteiger partial charge on any atom is -0.477 e. The highest BCUT2D eigenvalue weighted by Crippen LogP contribution is 2.43. The van der Waals surface area contributed by atoms with Crippen molar-refractivity contribution in [2.75, 3.05) is 13.1 Å². The lowest BCUT2D eigenvalue weighted by molar-refractivity contribution is 0.0702. The van der Waals surface area contributed by atoms with Crippen LogP contribution in [0.4, 0.5) is 0 Å². The number of aromatic carboxylic acids is 1. The maximum absolute atomic E-state index is 12.2. The van der Waals surface area contributed by atoms with Crippen molar-refractivity contribution in [1.29, 1.82) is 0 Å². The number of carbonyl (C=O) groups is 1. The third kappa shape index (κ3) is 5.15. The number of pyridine rings is 1. The van der Waals surface area contributed by atoms with Gasteiger partial charge in [-0.3, -0.25) is 9.88 Å². The molecule has 4 nitrogen and oxygen atoms in total. The Morgan fingerprint density at radius 2 is 1.97 bits per heavy atom. The number of carboxylic acids is 1. The lowest BCUT2D eigenvalue weighted by atomic mass is 9.75. The highest BCUT2D eigenvalue weighted by molar-refractivity contribution is 7.14. The number of aromatic nitrogens is 1. The predicted octanol–water partition coefficient (Wildman–Crippen LogP) is 6.62. The molecule has 0 aromatic carbocycles. The smallest absolute Gasteiger partial charge is 0.346 e. The van der Waals surface area contributed by atoms with Crippen LogP contribution in [0.5, 0.6) is 0 Å². The Morgan fingerprint density at radius 1 is 1.22 bits per heavy atom. The molecule has 0 radical (unpaired) electrons. The van der Waals surface area contributed by atoms with E-state index in [1.165, 1.54) is 48.2 Å². The quantitative estimate of drug-likeness (QED) is 0.553. The van der Waals surface area contributed by atoms with Crippen LogP contribution < -0.4 is 0 Å². The van der Waals surface area contributed by atoms with E-state index in [0.717, 1.165) is 48.1 Å². The molecule has 0 unspecified atom stereocenters. The van der Waals surface area contributed by atoms with Crippen molar-refractivity contribution in [2.45, 2.75) is 71.8 Å². The van der Waals surface area contributed by atoms with Gasteiger partial charge in [-0.05, 0) is 65.9 Å². The second kappa shape index (κ2) is 9.48. The summed E-state index contributed by atoms with van der Waals surface area (Å²) in [5.41, 5.74) is 4.84. The molecule has 2 aromatic rings. The van der Waals surface area contributed by atoms with Gasteiger partial charge < -0.3 is 5.11 Å². The van der Waals surface area contributed by atoms with Gasteiger partial charge in [-0.2, -0.15) is 0 Å². The monoisotopic (exact) mass is 452 g/mol. The first-order valence-electron chi connectivity index (χ1n) is 11.9. The van der Waals surface area contributed by atoms with Crippen LogP contribution in [0, 0.1) is 11.8 Å². The van der Waals surface area contributed by atoms with Gasteiger partial charge in [0.2, 0.25) is 0 Å². The van der Waals surface area contributed by atoms with Crippen molar-refractivity contribution >= 4 is 22.9 Å². The summed E-state index contributed by atoms with van der Waals surface area (Å²) >= 11 is 1.46. The van der Waals surface area contributed by atoms with Crippen LogP contribution >= 0.6 is 11.3 Å². The van der Waals surface area contributed by atoms with Gasteiger partial charge in [-0.1, -0.05) is 46.6 Å². The Kier molecular flexibility index (Phi) is 6.87. The fourth-order valence-electron chi connectivity index (χ4n) is 5.14. The first-order valence-corrected chi connectivity index (χ1v) is 12.8. The molecule has 2 aliphatic rings. The molecule has 1 N–H and O–H groups in total. The van der Waals surface area contributed by atoms with Gasteiger partial charge in [0.15, 0.2) is 0 Å². The fourth-order valence-corrected chi connectivity index (χ4v) is 6.22. The second-order valence-corrected chi connectivity index (χ2v) is 11.7. The number of hydrogen-bond donors (Lipinski definition) is 1. The molecule has 1 aliphatic heterocycles. The zero-order chi connectivity index (χ0) is 22.9. The molecule has 0 spiro atoms. The van der Waals surface area contributed by atoms with Crippen LogP contribution in [0.15, 0.2) is 36.0 Å². The molecule has 1 fully saturated rings. The zero-order valence-electron chi connectivity index (χ0n) is 19.9. The first kappa shape index (κ1) is 23.2. The highest BCUT2D eigenvalue weighted by Gasteiger charge is 2.32. The SMILES string of the molecule is CC1CCC(C2=C(c3cc(C(C)(C)C)sc3C(=O)O)CCN(Cc3ccccn3)C2)CC1. The lowest BCUT2D eigenvalue weighted by Crippen LogP contribution is -2.34. The Labute approximate surface area is 196 Å². The van der Waals surface area contributed by atoms with Crippen LogP contribution in [0.2, 0.25) is 0 Å². The third-order valence-electron chi connectivity index (χ3n) is 7.07. The van der Waals surface area contributed by atoms with Gasteiger partial charge in [0.25, 0.3) is 0 Å². The summed E-state index contributed by atoms with van der Waals surface area (Å²) in [5, 5.41) is 10.0. The summed E-state index contributed by atoms with van der Waals surface area (Å²) in [5.74, 6) is 0.569. The Bertz CT molecular complexity index is 979. The molecule has 5 heteroatoms. The van der Waals surface area contributed by atoms with Crippen LogP contribution in [0.3, 0.4) is 0 Å². The van der Waals surface area contributed by atoms with Crippen LogP contribution in [-0.4, -0.2) is 34.0 Å². The minimum absolute atomic E-state index is 0.0478. The topological polar surface area (TPSA) is 53.4 Å². The van der Waals surface area contributed by atoms with Crippen LogP contribution in [0.25, 0.3) is 5.57 Å². The molecule has 1 saturated carbocycles. The lowest BCUT2D eigenvalue weighted by Gasteiger charge is -2.37. The summed E-state index contributed by atoms with van der Waals surface area (Å²) in [6.07, 6.45) is 7.75. The Hall–Kier alpha value is -1.98. The summed E-state index contributed by atoms with van der Waals surface area (Å²) in [7, 11) is 0. The highest BCUT2D eigenvalue weighted by atomic mass is 32.1. The van der Waals surface area contributed by atoms with E-state index in [-0.39, 0.29) is 5.41 Å². The average molecular weight is 453 g/mol. The molecular weight excluding hydrogens is 416 g/mol. The van der Waals surface area contributed by atoms with E-state index in [1.807, 2.05) is 12.3 Å². The second-order valence-electron chi connectivity index (χ2n) is 10.7. The van der Waals surface area contributed by atoms with Gasteiger partial charge in [-0.15, -0.1) is 11.3 Å². The first-order chi connectivity index (χ1) is 15.2. The Balaban J connectivity index is 1.72. The number of carboxylic acid groups (broad SMARTS) is 1. The average Bonchev–Trinajstić information content (AvgIpc) is 3.21. The summed E-state index contributed by atoms with van der Waals surface area (Å²) in [4.78, 5) is 20.9. The van der Waals surface area contributed by atoms with Gasteiger partial charge >= 0.3 is 5.97 Å². The molecule has 0 bridgehead atoms. The normalized spacial score (nSPS) is 22.9.